The maximum atomic E-state index is 14.3. The summed E-state index contributed by atoms with van der Waals surface area (Å²) in [5.74, 6) is 2.34. The van der Waals surface area contributed by atoms with E-state index in [1.54, 1.807) is 13.8 Å². The van der Waals surface area contributed by atoms with E-state index in [4.69, 9.17) is 9.47 Å². The average Bonchev–Trinajstić information content (AvgIpc) is 3.40. The summed E-state index contributed by atoms with van der Waals surface area (Å²) in [5.41, 5.74) is -1.28. The van der Waals surface area contributed by atoms with Crippen LogP contribution in [0.5, 0.6) is 0 Å². The summed E-state index contributed by atoms with van der Waals surface area (Å²) in [6, 6.07) is 0. The highest BCUT2D eigenvalue weighted by Crippen LogP contribution is 2.80. The molecule has 1 spiro atoms. The first-order chi connectivity index (χ1) is 14.8. The molecule has 11 unspecified atom stereocenters. The van der Waals surface area contributed by atoms with E-state index >= 15 is 0 Å². The Morgan fingerprint density at radius 1 is 1.19 bits per heavy atom. The molecule has 1 heterocycles. The van der Waals surface area contributed by atoms with Crippen LogP contribution in [0.2, 0.25) is 0 Å². The van der Waals surface area contributed by atoms with E-state index in [1.165, 1.54) is 26.2 Å². The van der Waals surface area contributed by atoms with Gasteiger partial charge in [-0.05, 0) is 80.5 Å². The van der Waals surface area contributed by atoms with E-state index in [9.17, 15) is 14.7 Å². The number of hydrogen-bond acceptors (Lipinski definition) is 5. The molecule has 5 rings (SSSR count). The Hall–Kier alpha value is -0.940. The summed E-state index contributed by atoms with van der Waals surface area (Å²) < 4.78 is 12.1. The zero-order chi connectivity index (χ0) is 23.4. The smallest absolute Gasteiger partial charge is 0.303 e. The zero-order valence-electron chi connectivity index (χ0n) is 20.9. The fourth-order valence-electron chi connectivity index (χ4n) is 9.55. The molecule has 1 saturated heterocycles. The highest BCUT2D eigenvalue weighted by Gasteiger charge is 2.78. The topological polar surface area (TPSA) is 72.8 Å². The maximum absolute atomic E-state index is 14.3. The van der Waals surface area contributed by atoms with Crippen LogP contribution >= 0.6 is 0 Å². The van der Waals surface area contributed by atoms with Crippen LogP contribution in [0.25, 0.3) is 0 Å². The lowest BCUT2D eigenvalue weighted by atomic mass is 9.45. The normalized spacial score (nSPS) is 52.9. The minimum absolute atomic E-state index is 0.0611. The second kappa shape index (κ2) is 6.81. The molecule has 5 fully saturated rings. The Balaban J connectivity index is 1.50. The fourth-order valence-corrected chi connectivity index (χ4v) is 9.55. The van der Waals surface area contributed by atoms with Crippen LogP contribution in [0, 0.1) is 45.8 Å². The molecule has 0 bridgehead atoms. The molecule has 0 radical (unpaired) electrons. The number of fused-ring (bicyclic) bond motifs is 4. The number of carbonyl (C=O) groups excluding carboxylic acids is 2. The Morgan fingerprint density at radius 3 is 2.50 bits per heavy atom. The van der Waals surface area contributed by atoms with Gasteiger partial charge in [-0.1, -0.05) is 34.1 Å². The van der Waals surface area contributed by atoms with Crippen LogP contribution in [0.4, 0.5) is 0 Å². The molecule has 0 aromatic rings. The summed E-state index contributed by atoms with van der Waals surface area (Å²) in [4.78, 5) is 26.1. The van der Waals surface area contributed by atoms with E-state index in [-0.39, 0.29) is 28.4 Å². The van der Waals surface area contributed by atoms with Gasteiger partial charge in [0.2, 0.25) is 0 Å². The molecule has 0 aromatic carbocycles. The summed E-state index contributed by atoms with van der Waals surface area (Å²) in [6.07, 6.45) is 5.03. The van der Waals surface area contributed by atoms with Gasteiger partial charge >= 0.3 is 5.97 Å². The van der Waals surface area contributed by atoms with Gasteiger partial charge in [-0.2, -0.15) is 0 Å². The largest absolute Gasteiger partial charge is 0.457 e. The SMILES string of the molecule is CC(=O)OC(C1CC(C)C2C(O1)C(=O)C1(C)C3CCC(C)C4CC43CCC21C)C(C)(C)O. The number of esters is 1. The Labute approximate surface area is 193 Å². The predicted octanol–water partition coefficient (Wildman–Crippen LogP) is 4.54. The van der Waals surface area contributed by atoms with Crippen molar-refractivity contribution in [1.29, 1.82) is 0 Å². The van der Waals surface area contributed by atoms with Gasteiger partial charge in [0.05, 0.1) is 11.7 Å². The minimum Gasteiger partial charge on any atom is -0.457 e. The highest BCUT2D eigenvalue weighted by molar-refractivity contribution is 5.93. The van der Waals surface area contributed by atoms with Crippen molar-refractivity contribution in [2.45, 2.75) is 111 Å². The molecule has 5 heteroatoms. The number of ether oxygens (including phenoxy) is 2. The second-order valence-corrected chi connectivity index (χ2v) is 13.2. The second-order valence-electron chi connectivity index (χ2n) is 13.2. The van der Waals surface area contributed by atoms with Crippen LogP contribution in [0.3, 0.4) is 0 Å². The maximum Gasteiger partial charge on any atom is 0.303 e. The third kappa shape index (κ3) is 2.76. The summed E-state index contributed by atoms with van der Waals surface area (Å²) >= 11 is 0. The van der Waals surface area contributed by atoms with E-state index in [0.717, 1.165) is 24.7 Å². The number of rotatable bonds is 3. The average molecular weight is 447 g/mol. The lowest BCUT2D eigenvalue weighted by Crippen LogP contribution is -2.56. The Morgan fingerprint density at radius 2 is 1.88 bits per heavy atom. The molecular weight excluding hydrogens is 404 g/mol. The van der Waals surface area contributed by atoms with Gasteiger partial charge in [-0.15, -0.1) is 0 Å². The van der Waals surface area contributed by atoms with Crippen LogP contribution < -0.4 is 0 Å². The molecule has 180 valence electrons. The van der Waals surface area contributed by atoms with Crippen LogP contribution in [0.15, 0.2) is 0 Å². The van der Waals surface area contributed by atoms with E-state index in [2.05, 4.69) is 27.7 Å². The standard InChI is InChI=1S/C27H42O5/c1-14-8-9-19-26(7)22(29)21-20(25(26,6)10-11-27(19)13-17(14)27)15(2)12-18(32-21)23(24(4,5)30)31-16(3)28/h14-15,17-21,23,30H,8-13H2,1-7H3. The molecule has 11 atom stereocenters. The molecular formula is C27H42O5. The number of carbonyl (C=O) groups is 2. The van der Waals surface area contributed by atoms with Gasteiger partial charge in [0.1, 0.15) is 6.10 Å². The van der Waals surface area contributed by atoms with Crippen molar-refractivity contribution in [2.75, 3.05) is 0 Å². The van der Waals surface area contributed by atoms with E-state index in [1.807, 2.05) is 0 Å². The summed E-state index contributed by atoms with van der Waals surface area (Å²) in [6.45, 7) is 14.0. The predicted molar refractivity (Wildman–Crippen MR) is 121 cm³/mol. The van der Waals surface area contributed by atoms with Gasteiger partial charge in [0, 0.05) is 18.3 Å². The minimum atomic E-state index is -1.24. The van der Waals surface area contributed by atoms with Crippen molar-refractivity contribution in [3.8, 4) is 0 Å². The van der Waals surface area contributed by atoms with Gasteiger partial charge in [0.15, 0.2) is 11.9 Å². The third-order valence-electron chi connectivity index (χ3n) is 11.2. The van der Waals surface area contributed by atoms with Gasteiger partial charge in [-0.3, -0.25) is 9.59 Å². The first-order valence-corrected chi connectivity index (χ1v) is 12.9. The molecule has 5 nitrogen and oxygen atoms in total. The third-order valence-corrected chi connectivity index (χ3v) is 11.2. The Bertz CT molecular complexity index is 830. The van der Waals surface area contributed by atoms with Crippen molar-refractivity contribution in [1.82, 2.24) is 0 Å². The molecule has 0 amide bonds. The monoisotopic (exact) mass is 446 g/mol. The lowest BCUT2D eigenvalue weighted by Gasteiger charge is -2.58. The van der Waals surface area contributed by atoms with E-state index < -0.39 is 29.9 Å². The van der Waals surface area contributed by atoms with Crippen molar-refractivity contribution in [3.05, 3.63) is 0 Å². The quantitative estimate of drug-likeness (QED) is 0.645. The molecule has 4 aliphatic carbocycles. The van der Waals surface area contributed by atoms with Gasteiger partial charge in [-0.25, -0.2) is 0 Å². The first-order valence-electron chi connectivity index (χ1n) is 12.9. The van der Waals surface area contributed by atoms with E-state index in [0.29, 0.717) is 17.8 Å². The van der Waals surface area contributed by atoms with Crippen LogP contribution in [-0.4, -0.2) is 40.8 Å². The molecule has 0 aromatic heterocycles. The molecule has 4 saturated carbocycles. The molecule has 1 aliphatic heterocycles. The van der Waals surface area contributed by atoms with Crippen molar-refractivity contribution in [2.24, 2.45) is 45.8 Å². The first kappa shape index (κ1) is 22.8. The van der Waals surface area contributed by atoms with Crippen LogP contribution in [-0.2, 0) is 19.1 Å². The van der Waals surface area contributed by atoms with Crippen molar-refractivity contribution in [3.63, 3.8) is 0 Å². The Kier molecular flexibility index (Phi) is 4.86. The fraction of sp³-hybridized carbons (Fsp3) is 0.926. The van der Waals surface area contributed by atoms with Gasteiger partial charge in [0.25, 0.3) is 0 Å². The zero-order valence-corrected chi connectivity index (χ0v) is 20.9. The lowest BCUT2D eigenvalue weighted by molar-refractivity contribution is -0.208. The number of aliphatic hydroxyl groups is 1. The van der Waals surface area contributed by atoms with Crippen molar-refractivity contribution >= 4 is 11.8 Å². The summed E-state index contributed by atoms with van der Waals surface area (Å²) in [7, 11) is 0. The van der Waals surface area contributed by atoms with Crippen molar-refractivity contribution < 1.29 is 24.2 Å². The number of Topliss-reactive ketones (excluding diaryl/α,β-unsaturated/α-hetero) is 1. The van der Waals surface area contributed by atoms with Crippen LogP contribution in [0.1, 0.15) is 87.0 Å². The highest BCUT2D eigenvalue weighted by atomic mass is 16.6. The molecule has 32 heavy (non-hydrogen) atoms. The number of hydrogen-bond donors (Lipinski definition) is 1. The molecule has 5 aliphatic rings. The summed E-state index contributed by atoms with van der Waals surface area (Å²) in [5, 5.41) is 10.8. The molecule has 1 N–H and O–H groups in total. The van der Waals surface area contributed by atoms with Gasteiger partial charge < -0.3 is 14.6 Å². The number of ketones is 1.